The lowest BCUT2D eigenvalue weighted by Crippen LogP contribution is -2.23. The van der Waals surface area contributed by atoms with Crippen LogP contribution >= 0.6 is 31.9 Å². The molecular formula is C16H16Br2FN. The van der Waals surface area contributed by atoms with Crippen LogP contribution in [-0.2, 0) is 0 Å². The van der Waals surface area contributed by atoms with E-state index in [2.05, 4.69) is 43.2 Å². The Bertz CT molecular complexity index is 613. The molecule has 0 spiro atoms. The molecule has 0 saturated heterocycles. The maximum absolute atomic E-state index is 14.1. The van der Waals surface area contributed by atoms with Crippen molar-refractivity contribution >= 4 is 31.9 Å². The van der Waals surface area contributed by atoms with Crippen LogP contribution in [0.3, 0.4) is 0 Å². The highest BCUT2D eigenvalue weighted by Gasteiger charge is 2.18. The summed E-state index contributed by atoms with van der Waals surface area (Å²) in [6.45, 7) is 4.83. The van der Waals surface area contributed by atoms with Gasteiger partial charge in [-0.2, -0.15) is 0 Å². The molecule has 1 unspecified atom stereocenters. The van der Waals surface area contributed by atoms with Crippen molar-refractivity contribution in [3.8, 4) is 0 Å². The van der Waals surface area contributed by atoms with Crippen LogP contribution in [0.4, 0.5) is 4.39 Å². The summed E-state index contributed by atoms with van der Waals surface area (Å²) in [4.78, 5) is 0. The number of halogens is 3. The molecule has 1 atom stereocenters. The third-order valence-corrected chi connectivity index (χ3v) is 4.58. The van der Waals surface area contributed by atoms with Crippen molar-refractivity contribution in [2.45, 2.75) is 19.9 Å². The van der Waals surface area contributed by atoms with Gasteiger partial charge in [-0.15, -0.1) is 0 Å². The number of nitrogens with one attached hydrogen (secondary N) is 1. The highest BCUT2D eigenvalue weighted by molar-refractivity contribution is 9.10. The van der Waals surface area contributed by atoms with E-state index in [1.165, 1.54) is 6.07 Å². The molecule has 2 rings (SSSR count). The van der Waals surface area contributed by atoms with Crippen molar-refractivity contribution in [2.24, 2.45) is 0 Å². The predicted molar refractivity (Wildman–Crippen MR) is 88.5 cm³/mol. The van der Waals surface area contributed by atoms with Gasteiger partial charge in [-0.1, -0.05) is 50.9 Å². The van der Waals surface area contributed by atoms with Crippen LogP contribution in [0.1, 0.15) is 29.7 Å². The highest BCUT2D eigenvalue weighted by Crippen LogP contribution is 2.29. The van der Waals surface area contributed by atoms with Gasteiger partial charge < -0.3 is 5.32 Å². The third kappa shape index (κ3) is 3.48. The minimum absolute atomic E-state index is 0.149. The molecule has 0 bridgehead atoms. The van der Waals surface area contributed by atoms with Gasteiger partial charge in [-0.3, -0.25) is 0 Å². The van der Waals surface area contributed by atoms with Gasteiger partial charge in [0.1, 0.15) is 5.82 Å². The Morgan fingerprint density at radius 1 is 1.15 bits per heavy atom. The highest BCUT2D eigenvalue weighted by atomic mass is 79.9. The molecule has 0 aromatic heterocycles. The zero-order valence-electron chi connectivity index (χ0n) is 11.4. The summed E-state index contributed by atoms with van der Waals surface area (Å²) in [5.74, 6) is -0.195. The first-order valence-corrected chi connectivity index (χ1v) is 8.06. The Labute approximate surface area is 135 Å². The Balaban J connectivity index is 2.49. The van der Waals surface area contributed by atoms with Crippen LogP contribution in [0, 0.1) is 12.7 Å². The maximum atomic E-state index is 14.1. The number of benzene rings is 2. The molecule has 0 aliphatic carbocycles. The second kappa shape index (κ2) is 6.83. The van der Waals surface area contributed by atoms with E-state index in [1.54, 1.807) is 6.07 Å². The van der Waals surface area contributed by atoms with Crippen molar-refractivity contribution in [2.75, 3.05) is 6.54 Å². The molecule has 106 valence electrons. The predicted octanol–water partition coefficient (Wildman–Crippen LogP) is 5.36. The van der Waals surface area contributed by atoms with Gasteiger partial charge in [-0.25, -0.2) is 4.39 Å². The average molecular weight is 401 g/mol. The third-order valence-electron chi connectivity index (χ3n) is 3.19. The first-order valence-electron chi connectivity index (χ1n) is 6.47. The fourth-order valence-corrected chi connectivity index (χ4v) is 2.82. The van der Waals surface area contributed by atoms with Gasteiger partial charge in [0.2, 0.25) is 0 Å². The fraction of sp³-hybridized carbons (Fsp3) is 0.250. The normalized spacial score (nSPS) is 12.4. The Morgan fingerprint density at radius 2 is 1.90 bits per heavy atom. The number of rotatable bonds is 4. The van der Waals surface area contributed by atoms with Crippen molar-refractivity contribution in [1.29, 1.82) is 0 Å². The minimum atomic E-state index is -0.195. The number of aryl methyl sites for hydroxylation is 1. The van der Waals surface area contributed by atoms with E-state index >= 15 is 0 Å². The van der Waals surface area contributed by atoms with Gasteiger partial charge in [0.25, 0.3) is 0 Å². The summed E-state index contributed by atoms with van der Waals surface area (Å²) in [6, 6.07) is 11.0. The molecule has 4 heteroatoms. The maximum Gasteiger partial charge on any atom is 0.128 e. The van der Waals surface area contributed by atoms with Crippen molar-refractivity contribution in [1.82, 2.24) is 5.32 Å². The molecule has 0 aliphatic heterocycles. The summed E-state index contributed by atoms with van der Waals surface area (Å²) in [7, 11) is 0. The Hall–Kier alpha value is -0.710. The molecule has 0 aliphatic rings. The lowest BCUT2D eigenvalue weighted by molar-refractivity contribution is 0.558. The summed E-state index contributed by atoms with van der Waals surface area (Å²) in [6.07, 6.45) is 0. The monoisotopic (exact) mass is 399 g/mol. The summed E-state index contributed by atoms with van der Waals surface area (Å²) < 4.78 is 16.1. The quantitative estimate of drug-likeness (QED) is 0.728. The first-order chi connectivity index (χ1) is 9.52. The molecule has 1 nitrogen and oxygen atoms in total. The van der Waals surface area contributed by atoms with Crippen LogP contribution in [0.15, 0.2) is 45.3 Å². The van der Waals surface area contributed by atoms with E-state index in [9.17, 15) is 4.39 Å². The van der Waals surface area contributed by atoms with Crippen LogP contribution in [-0.4, -0.2) is 6.54 Å². The summed E-state index contributed by atoms with van der Waals surface area (Å²) in [5, 5.41) is 3.35. The Morgan fingerprint density at radius 3 is 2.55 bits per heavy atom. The smallest absolute Gasteiger partial charge is 0.128 e. The van der Waals surface area contributed by atoms with Crippen molar-refractivity contribution < 1.29 is 4.39 Å². The van der Waals surface area contributed by atoms with E-state index in [-0.39, 0.29) is 11.9 Å². The Kier molecular flexibility index (Phi) is 5.35. The topological polar surface area (TPSA) is 12.0 Å². The molecule has 0 heterocycles. The summed E-state index contributed by atoms with van der Waals surface area (Å²) >= 11 is 6.91. The molecule has 0 saturated carbocycles. The molecule has 2 aromatic carbocycles. The second-order valence-electron chi connectivity index (χ2n) is 4.67. The van der Waals surface area contributed by atoms with E-state index in [0.717, 1.165) is 26.6 Å². The van der Waals surface area contributed by atoms with Crippen molar-refractivity contribution in [3.63, 3.8) is 0 Å². The van der Waals surface area contributed by atoms with E-state index in [1.807, 2.05) is 32.0 Å². The minimum Gasteiger partial charge on any atom is -0.306 e. The molecule has 0 amide bonds. The lowest BCUT2D eigenvalue weighted by Gasteiger charge is -2.20. The van der Waals surface area contributed by atoms with Gasteiger partial charge >= 0.3 is 0 Å². The molecule has 1 N–H and O–H groups in total. The van der Waals surface area contributed by atoms with E-state index < -0.39 is 0 Å². The molecule has 0 fully saturated rings. The van der Waals surface area contributed by atoms with Crippen LogP contribution < -0.4 is 5.32 Å². The van der Waals surface area contributed by atoms with Gasteiger partial charge in [0, 0.05) is 14.5 Å². The molecule has 20 heavy (non-hydrogen) atoms. The van der Waals surface area contributed by atoms with Crippen LogP contribution in [0.2, 0.25) is 0 Å². The summed E-state index contributed by atoms with van der Waals surface area (Å²) in [5.41, 5.74) is 2.85. The average Bonchev–Trinajstić information content (AvgIpc) is 2.42. The number of hydrogen-bond donors (Lipinski definition) is 1. The number of hydrogen-bond acceptors (Lipinski definition) is 1. The van der Waals surface area contributed by atoms with Crippen LogP contribution in [0.5, 0.6) is 0 Å². The van der Waals surface area contributed by atoms with Gasteiger partial charge in [-0.05, 0) is 48.9 Å². The zero-order chi connectivity index (χ0) is 14.7. The standard InChI is InChI=1S/C16H16Br2FN/c1-3-20-16(11-4-6-14(18)10(2)8-11)13-9-12(17)5-7-15(13)19/h4-9,16,20H,3H2,1-2H3. The zero-order valence-corrected chi connectivity index (χ0v) is 14.6. The SMILES string of the molecule is CCNC(c1ccc(Br)c(C)c1)c1cc(Br)ccc1F. The van der Waals surface area contributed by atoms with Crippen LogP contribution in [0.25, 0.3) is 0 Å². The fourth-order valence-electron chi connectivity index (χ4n) is 2.19. The molecule has 2 aromatic rings. The van der Waals surface area contributed by atoms with E-state index in [0.29, 0.717) is 5.56 Å². The van der Waals surface area contributed by atoms with E-state index in [4.69, 9.17) is 0 Å². The molecular weight excluding hydrogens is 385 g/mol. The van der Waals surface area contributed by atoms with Crippen molar-refractivity contribution in [3.05, 3.63) is 67.9 Å². The second-order valence-corrected chi connectivity index (χ2v) is 6.44. The largest absolute Gasteiger partial charge is 0.306 e. The van der Waals surface area contributed by atoms with Gasteiger partial charge in [0.05, 0.1) is 6.04 Å². The first kappa shape index (κ1) is 15.7. The van der Waals surface area contributed by atoms with Gasteiger partial charge in [0.15, 0.2) is 0 Å². The molecule has 0 radical (unpaired) electrons. The lowest BCUT2D eigenvalue weighted by atomic mass is 9.97.